The van der Waals surface area contributed by atoms with Crippen molar-refractivity contribution in [3.63, 3.8) is 0 Å². The Bertz CT molecular complexity index is 508. The van der Waals surface area contributed by atoms with Gasteiger partial charge in [-0.2, -0.15) is 0 Å². The molecule has 0 aliphatic carbocycles. The number of halogens is 1. The molecule has 0 atom stereocenters. The van der Waals surface area contributed by atoms with E-state index in [1.54, 1.807) is 19.1 Å². The van der Waals surface area contributed by atoms with Gasteiger partial charge in [-0.3, -0.25) is 9.78 Å². The van der Waals surface area contributed by atoms with Crippen molar-refractivity contribution in [2.24, 2.45) is 0 Å². The molecule has 1 aromatic heterocycles. The molecule has 70 valence electrons. The molecule has 0 spiro atoms. The number of pyridine rings is 1. The van der Waals surface area contributed by atoms with Gasteiger partial charge in [0.05, 0.1) is 5.52 Å². The van der Waals surface area contributed by atoms with E-state index in [4.69, 9.17) is 0 Å². The summed E-state index contributed by atoms with van der Waals surface area (Å²) in [7, 11) is 0. The van der Waals surface area contributed by atoms with Crippen LogP contribution in [0.1, 0.15) is 16.1 Å². The second-order valence-electron chi connectivity index (χ2n) is 3.14. The first-order valence-corrected chi connectivity index (χ1v) is 4.23. The van der Waals surface area contributed by atoms with Crippen molar-refractivity contribution in [2.45, 2.75) is 6.92 Å². The summed E-state index contributed by atoms with van der Waals surface area (Å²) in [5, 5.41) is 0.389. The van der Waals surface area contributed by atoms with Crippen LogP contribution >= 0.6 is 0 Å². The van der Waals surface area contributed by atoms with Crippen LogP contribution < -0.4 is 0 Å². The molecular formula is C11H8FNO. The number of aldehydes is 1. The molecule has 0 fully saturated rings. The number of fused-ring (bicyclic) bond motifs is 1. The Balaban J connectivity index is 2.81. The highest BCUT2D eigenvalue weighted by atomic mass is 19.1. The highest BCUT2D eigenvalue weighted by molar-refractivity contribution is 5.87. The Kier molecular flexibility index (Phi) is 2.00. The summed E-state index contributed by atoms with van der Waals surface area (Å²) in [5.74, 6) is -0.337. The maximum absolute atomic E-state index is 13.4. The van der Waals surface area contributed by atoms with Crippen LogP contribution in [-0.2, 0) is 0 Å². The first-order chi connectivity index (χ1) is 6.70. The molecule has 0 unspecified atom stereocenters. The van der Waals surface area contributed by atoms with E-state index < -0.39 is 0 Å². The monoisotopic (exact) mass is 189 g/mol. The van der Waals surface area contributed by atoms with Crippen LogP contribution in [0.15, 0.2) is 24.3 Å². The quantitative estimate of drug-likeness (QED) is 0.645. The second-order valence-corrected chi connectivity index (χ2v) is 3.14. The molecule has 0 saturated carbocycles. The van der Waals surface area contributed by atoms with Gasteiger partial charge in [0.1, 0.15) is 12.1 Å². The molecule has 0 N–H and O–H groups in total. The van der Waals surface area contributed by atoms with E-state index in [1.807, 2.05) is 0 Å². The number of benzene rings is 1. The minimum Gasteiger partial charge on any atom is -0.298 e. The van der Waals surface area contributed by atoms with Crippen LogP contribution in [0.3, 0.4) is 0 Å². The summed E-state index contributed by atoms with van der Waals surface area (Å²) in [6.45, 7) is 1.73. The third kappa shape index (κ3) is 1.37. The van der Waals surface area contributed by atoms with Crippen LogP contribution in [0.2, 0.25) is 0 Å². The van der Waals surface area contributed by atoms with Crippen LogP contribution in [0.25, 0.3) is 10.9 Å². The summed E-state index contributed by atoms with van der Waals surface area (Å²) in [6.07, 6.45) is 0.693. The van der Waals surface area contributed by atoms with E-state index in [0.717, 1.165) is 0 Å². The molecule has 0 aliphatic heterocycles. The van der Waals surface area contributed by atoms with Crippen molar-refractivity contribution < 1.29 is 9.18 Å². The van der Waals surface area contributed by atoms with Gasteiger partial charge in [0.15, 0.2) is 0 Å². The average molecular weight is 189 g/mol. The Morgan fingerprint density at radius 3 is 2.86 bits per heavy atom. The molecule has 0 amide bonds. The van der Waals surface area contributed by atoms with E-state index in [9.17, 15) is 9.18 Å². The standard InChI is InChI=1S/C11H8FNO/c1-7-4-10(12)9-5-8(6-14)2-3-11(9)13-7/h2-6H,1H3. The molecule has 2 aromatic rings. The Morgan fingerprint density at radius 2 is 2.14 bits per heavy atom. The van der Waals surface area contributed by atoms with Gasteiger partial charge in [0.2, 0.25) is 0 Å². The summed E-state index contributed by atoms with van der Waals surface area (Å²) in [4.78, 5) is 14.6. The third-order valence-electron chi connectivity index (χ3n) is 2.05. The SMILES string of the molecule is Cc1cc(F)c2cc(C=O)ccc2n1. The zero-order chi connectivity index (χ0) is 10.1. The first-order valence-electron chi connectivity index (χ1n) is 4.23. The highest BCUT2D eigenvalue weighted by Gasteiger charge is 2.03. The molecular weight excluding hydrogens is 181 g/mol. The van der Waals surface area contributed by atoms with Gasteiger partial charge in [-0.1, -0.05) is 0 Å². The van der Waals surface area contributed by atoms with Crippen LogP contribution in [-0.4, -0.2) is 11.3 Å². The minimum atomic E-state index is -0.337. The highest BCUT2D eigenvalue weighted by Crippen LogP contribution is 2.17. The lowest BCUT2D eigenvalue weighted by Crippen LogP contribution is -1.89. The fraction of sp³-hybridized carbons (Fsp3) is 0.0909. The van der Waals surface area contributed by atoms with Gasteiger partial charge in [0, 0.05) is 16.6 Å². The van der Waals surface area contributed by atoms with Crippen LogP contribution in [0.4, 0.5) is 4.39 Å². The number of aromatic nitrogens is 1. The first kappa shape index (κ1) is 8.81. The van der Waals surface area contributed by atoms with Crippen molar-refractivity contribution >= 4 is 17.2 Å². The topological polar surface area (TPSA) is 30.0 Å². The minimum absolute atomic E-state index is 0.337. The third-order valence-corrected chi connectivity index (χ3v) is 2.05. The van der Waals surface area contributed by atoms with Gasteiger partial charge < -0.3 is 0 Å². The molecule has 14 heavy (non-hydrogen) atoms. The number of carbonyl (C=O) groups excluding carboxylic acids is 1. The maximum Gasteiger partial charge on any atom is 0.150 e. The van der Waals surface area contributed by atoms with Crippen LogP contribution in [0, 0.1) is 12.7 Å². The lowest BCUT2D eigenvalue weighted by atomic mass is 10.1. The lowest BCUT2D eigenvalue weighted by molar-refractivity contribution is 0.112. The maximum atomic E-state index is 13.4. The number of hydrogen-bond acceptors (Lipinski definition) is 2. The smallest absolute Gasteiger partial charge is 0.150 e. The molecule has 1 aromatic carbocycles. The van der Waals surface area contributed by atoms with E-state index in [0.29, 0.717) is 28.4 Å². The second kappa shape index (κ2) is 3.18. The molecule has 0 radical (unpaired) electrons. The largest absolute Gasteiger partial charge is 0.298 e. The lowest BCUT2D eigenvalue weighted by Gasteiger charge is -2.01. The average Bonchev–Trinajstić information content (AvgIpc) is 2.17. The number of aryl methyl sites for hydroxylation is 1. The van der Waals surface area contributed by atoms with Crippen molar-refractivity contribution in [1.29, 1.82) is 0 Å². The molecule has 1 heterocycles. The summed E-state index contributed by atoms with van der Waals surface area (Å²) >= 11 is 0. The predicted octanol–water partition coefficient (Wildman–Crippen LogP) is 2.49. The fourth-order valence-electron chi connectivity index (χ4n) is 1.40. The van der Waals surface area contributed by atoms with Gasteiger partial charge in [-0.05, 0) is 31.2 Å². The van der Waals surface area contributed by atoms with Crippen LogP contribution in [0.5, 0.6) is 0 Å². The van der Waals surface area contributed by atoms with Gasteiger partial charge in [0.25, 0.3) is 0 Å². The van der Waals surface area contributed by atoms with Gasteiger partial charge in [-0.25, -0.2) is 4.39 Å². The molecule has 0 saturated heterocycles. The summed E-state index contributed by atoms with van der Waals surface area (Å²) < 4.78 is 13.4. The molecule has 0 bridgehead atoms. The zero-order valence-electron chi connectivity index (χ0n) is 7.62. The van der Waals surface area contributed by atoms with E-state index in [1.165, 1.54) is 12.1 Å². The van der Waals surface area contributed by atoms with E-state index in [-0.39, 0.29) is 5.82 Å². The van der Waals surface area contributed by atoms with Gasteiger partial charge >= 0.3 is 0 Å². The Morgan fingerprint density at radius 1 is 1.36 bits per heavy atom. The number of rotatable bonds is 1. The van der Waals surface area contributed by atoms with Crippen molar-refractivity contribution in [3.8, 4) is 0 Å². The predicted molar refractivity (Wildman–Crippen MR) is 51.8 cm³/mol. The number of nitrogens with zero attached hydrogens (tertiary/aromatic N) is 1. The van der Waals surface area contributed by atoms with Crippen molar-refractivity contribution in [2.75, 3.05) is 0 Å². The van der Waals surface area contributed by atoms with Crippen molar-refractivity contribution in [1.82, 2.24) is 4.98 Å². The molecule has 3 heteroatoms. The fourth-order valence-corrected chi connectivity index (χ4v) is 1.40. The van der Waals surface area contributed by atoms with Gasteiger partial charge in [-0.15, -0.1) is 0 Å². The van der Waals surface area contributed by atoms with Crippen molar-refractivity contribution in [3.05, 3.63) is 41.3 Å². The summed E-state index contributed by atoms with van der Waals surface area (Å²) in [5.41, 5.74) is 1.67. The Hall–Kier alpha value is -1.77. The zero-order valence-corrected chi connectivity index (χ0v) is 7.62. The Labute approximate surface area is 80.4 Å². The normalized spacial score (nSPS) is 10.4. The molecule has 0 aliphatic rings. The number of hydrogen-bond donors (Lipinski definition) is 0. The van der Waals surface area contributed by atoms with E-state index >= 15 is 0 Å². The molecule has 2 nitrogen and oxygen atoms in total. The molecule has 2 rings (SSSR count). The van der Waals surface area contributed by atoms with E-state index in [2.05, 4.69) is 4.98 Å². The number of carbonyl (C=O) groups is 1. The summed E-state index contributed by atoms with van der Waals surface area (Å²) in [6, 6.07) is 6.14.